The van der Waals surface area contributed by atoms with Gasteiger partial charge in [0.25, 0.3) is 0 Å². The first-order valence-corrected chi connectivity index (χ1v) is 6.57. The van der Waals surface area contributed by atoms with Crippen molar-refractivity contribution in [1.82, 2.24) is 20.2 Å². The molecule has 0 unspecified atom stereocenters. The lowest BCUT2D eigenvalue weighted by Crippen LogP contribution is -2.51. The van der Waals surface area contributed by atoms with Crippen LogP contribution in [0.25, 0.3) is 11.0 Å². The second-order valence-electron chi connectivity index (χ2n) is 5.43. The number of hydrogen-bond donors (Lipinski definition) is 2. The molecule has 0 aliphatic carbocycles. The topological polar surface area (TPSA) is 44.0 Å². The largest absolute Gasteiger partial charge is 0.345 e. The molecule has 1 aliphatic heterocycles. The standard InChI is InChI=1S/C14H20N4/c1-14(2,18-7-5-15-6-8-18)11-3-4-12-13(9-11)17-10-16-12/h3-4,9-10,15H,5-8H2,1-2H3,(H,16,17). The van der Waals surface area contributed by atoms with Crippen molar-refractivity contribution in [3.63, 3.8) is 0 Å². The maximum absolute atomic E-state index is 4.28. The third-order valence-electron chi connectivity index (χ3n) is 4.03. The lowest BCUT2D eigenvalue weighted by molar-refractivity contribution is 0.103. The van der Waals surface area contributed by atoms with Crippen molar-refractivity contribution in [1.29, 1.82) is 0 Å². The number of imidazole rings is 1. The van der Waals surface area contributed by atoms with Gasteiger partial charge in [-0.25, -0.2) is 4.98 Å². The zero-order valence-electron chi connectivity index (χ0n) is 11.0. The highest BCUT2D eigenvalue weighted by Gasteiger charge is 2.29. The summed E-state index contributed by atoms with van der Waals surface area (Å²) in [5, 5.41) is 3.41. The van der Waals surface area contributed by atoms with E-state index < -0.39 is 0 Å². The highest BCUT2D eigenvalue weighted by molar-refractivity contribution is 5.75. The van der Waals surface area contributed by atoms with Crippen molar-refractivity contribution in [2.24, 2.45) is 0 Å². The van der Waals surface area contributed by atoms with Crippen molar-refractivity contribution in [3.05, 3.63) is 30.1 Å². The van der Waals surface area contributed by atoms with Crippen LogP contribution in [0.3, 0.4) is 0 Å². The second-order valence-corrected chi connectivity index (χ2v) is 5.43. The zero-order valence-corrected chi connectivity index (χ0v) is 11.0. The minimum absolute atomic E-state index is 0.0708. The normalized spacial score (nSPS) is 18.3. The number of aromatic nitrogens is 2. The highest BCUT2D eigenvalue weighted by atomic mass is 15.2. The Balaban J connectivity index is 1.95. The third kappa shape index (κ3) is 1.91. The summed E-state index contributed by atoms with van der Waals surface area (Å²) in [5.41, 5.74) is 3.58. The number of piperazine rings is 1. The zero-order chi connectivity index (χ0) is 12.6. The third-order valence-corrected chi connectivity index (χ3v) is 4.03. The van der Waals surface area contributed by atoms with Gasteiger partial charge in [0.15, 0.2) is 0 Å². The second kappa shape index (κ2) is 4.37. The predicted octanol–water partition coefficient (Wildman–Crippen LogP) is 1.70. The summed E-state index contributed by atoms with van der Waals surface area (Å²) in [4.78, 5) is 10.0. The van der Waals surface area contributed by atoms with Crippen LogP contribution in [0.2, 0.25) is 0 Å². The van der Waals surface area contributed by atoms with Crippen LogP contribution in [-0.2, 0) is 5.54 Å². The molecule has 96 valence electrons. The molecule has 0 spiro atoms. The average Bonchev–Trinajstić information content (AvgIpc) is 2.87. The molecular formula is C14H20N4. The van der Waals surface area contributed by atoms with Crippen LogP contribution in [0, 0.1) is 0 Å². The Morgan fingerprint density at radius 1 is 1.22 bits per heavy atom. The number of hydrogen-bond acceptors (Lipinski definition) is 3. The Morgan fingerprint density at radius 3 is 2.78 bits per heavy atom. The van der Waals surface area contributed by atoms with Crippen molar-refractivity contribution in [2.75, 3.05) is 26.2 Å². The lowest BCUT2D eigenvalue weighted by atomic mass is 9.91. The number of fused-ring (bicyclic) bond motifs is 1. The van der Waals surface area contributed by atoms with Gasteiger partial charge in [0.05, 0.1) is 17.4 Å². The van der Waals surface area contributed by atoms with Crippen molar-refractivity contribution in [3.8, 4) is 0 Å². The fourth-order valence-corrected chi connectivity index (χ4v) is 2.72. The molecule has 1 saturated heterocycles. The average molecular weight is 244 g/mol. The molecule has 0 saturated carbocycles. The molecule has 0 radical (unpaired) electrons. The van der Waals surface area contributed by atoms with Crippen LogP contribution in [0.1, 0.15) is 19.4 Å². The summed E-state index contributed by atoms with van der Waals surface area (Å²) in [6.07, 6.45) is 1.76. The number of benzene rings is 1. The van der Waals surface area contributed by atoms with Gasteiger partial charge in [-0.3, -0.25) is 4.90 Å². The van der Waals surface area contributed by atoms with Gasteiger partial charge in [-0.2, -0.15) is 0 Å². The van der Waals surface area contributed by atoms with Crippen molar-refractivity contribution >= 4 is 11.0 Å². The molecule has 3 rings (SSSR count). The van der Waals surface area contributed by atoms with Crippen molar-refractivity contribution < 1.29 is 0 Å². The maximum atomic E-state index is 4.28. The minimum Gasteiger partial charge on any atom is -0.345 e. The van der Waals surface area contributed by atoms with Gasteiger partial charge in [0.1, 0.15) is 0 Å². The molecule has 18 heavy (non-hydrogen) atoms. The van der Waals surface area contributed by atoms with Gasteiger partial charge >= 0.3 is 0 Å². The molecule has 1 aliphatic rings. The Kier molecular flexibility index (Phi) is 2.84. The molecule has 4 nitrogen and oxygen atoms in total. The Morgan fingerprint density at radius 2 is 2.00 bits per heavy atom. The fraction of sp³-hybridized carbons (Fsp3) is 0.500. The molecule has 1 fully saturated rings. The Labute approximate surface area is 107 Å². The Hall–Kier alpha value is -1.39. The first kappa shape index (κ1) is 11.7. The minimum atomic E-state index is 0.0708. The Bertz CT molecular complexity index is 537. The molecule has 0 amide bonds. The smallest absolute Gasteiger partial charge is 0.0931 e. The van der Waals surface area contributed by atoms with Gasteiger partial charge in [0.2, 0.25) is 0 Å². The van der Waals surface area contributed by atoms with Gasteiger partial charge in [-0.15, -0.1) is 0 Å². The summed E-state index contributed by atoms with van der Waals surface area (Å²) >= 11 is 0. The van der Waals surface area contributed by atoms with E-state index in [0.717, 1.165) is 37.2 Å². The van der Waals surface area contributed by atoms with Gasteiger partial charge < -0.3 is 10.3 Å². The van der Waals surface area contributed by atoms with E-state index in [1.165, 1.54) is 5.56 Å². The van der Waals surface area contributed by atoms with Crippen LogP contribution in [-0.4, -0.2) is 41.0 Å². The summed E-state index contributed by atoms with van der Waals surface area (Å²) < 4.78 is 0. The molecular weight excluding hydrogens is 224 g/mol. The van der Waals surface area contributed by atoms with E-state index in [1.54, 1.807) is 6.33 Å². The van der Waals surface area contributed by atoms with Crippen LogP contribution >= 0.6 is 0 Å². The van der Waals surface area contributed by atoms with Crippen LogP contribution < -0.4 is 5.32 Å². The van der Waals surface area contributed by atoms with E-state index in [4.69, 9.17) is 0 Å². The van der Waals surface area contributed by atoms with E-state index >= 15 is 0 Å². The summed E-state index contributed by atoms with van der Waals surface area (Å²) in [7, 11) is 0. The number of nitrogens with zero attached hydrogens (tertiary/aromatic N) is 2. The molecule has 0 atom stereocenters. The molecule has 1 aromatic heterocycles. The molecule has 2 aromatic rings. The number of rotatable bonds is 2. The van der Waals surface area contributed by atoms with Crippen LogP contribution in [0.5, 0.6) is 0 Å². The number of H-pyrrole nitrogens is 1. The van der Waals surface area contributed by atoms with Crippen LogP contribution in [0.15, 0.2) is 24.5 Å². The summed E-state index contributed by atoms with van der Waals surface area (Å²) in [6.45, 7) is 8.97. The first-order chi connectivity index (χ1) is 8.68. The fourth-order valence-electron chi connectivity index (χ4n) is 2.72. The highest BCUT2D eigenvalue weighted by Crippen LogP contribution is 2.29. The van der Waals surface area contributed by atoms with E-state index in [1.807, 2.05) is 0 Å². The molecule has 2 N–H and O–H groups in total. The summed E-state index contributed by atoms with van der Waals surface area (Å²) in [6, 6.07) is 6.53. The summed E-state index contributed by atoms with van der Waals surface area (Å²) in [5.74, 6) is 0. The molecule has 0 bridgehead atoms. The van der Waals surface area contributed by atoms with E-state index in [0.29, 0.717) is 0 Å². The first-order valence-electron chi connectivity index (χ1n) is 6.57. The maximum Gasteiger partial charge on any atom is 0.0931 e. The molecule has 2 heterocycles. The molecule has 4 heteroatoms. The predicted molar refractivity (Wildman–Crippen MR) is 73.6 cm³/mol. The van der Waals surface area contributed by atoms with Gasteiger partial charge in [-0.05, 0) is 31.5 Å². The number of aromatic amines is 1. The monoisotopic (exact) mass is 244 g/mol. The number of nitrogens with one attached hydrogen (secondary N) is 2. The quantitative estimate of drug-likeness (QED) is 0.845. The van der Waals surface area contributed by atoms with E-state index in [2.05, 4.69) is 52.2 Å². The van der Waals surface area contributed by atoms with E-state index in [-0.39, 0.29) is 5.54 Å². The lowest BCUT2D eigenvalue weighted by Gasteiger charge is -2.41. The van der Waals surface area contributed by atoms with Gasteiger partial charge in [-0.1, -0.05) is 6.07 Å². The SMILES string of the molecule is CC(C)(c1ccc2nc[nH]c2c1)N1CCNCC1. The van der Waals surface area contributed by atoms with Crippen LogP contribution in [0.4, 0.5) is 0 Å². The van der Waals surface area contributed by atoms with E-state index in [9.17, 15) is 0 Å². The van der Waals surface area contributed by atoms with Gasteiger partial charge in [0, 0.05) is 31.7 Å². The van der Waals surface area contributed by atoms with Crippen molar-refractivity contribution in [2.45, 2.75) is 19.4 Å². The molecule has 1 aromatic carbocycles.